The van der Waals surface area contributed by atoms with Crippen LogP contribution in [0.4, 0.5) is 4.39 Å². The molecule has 0 atom stereocenters. The summed E-state index contributed by atoms with van der Waals surface area (Å²) < 4.78 is 19.3. The average molecular weight is 268 g/mol. The Morgan fingerprint density at radius 1 is 1.00 bits per heavy atom. The Labute approximate surface area is 115 Å². The molecule has 0 fully saturated rings. The van der Waals surface area contributed by atoms with E-state index in [1.165, 1.54) is 6.07 Å². The van der Waals surface area contributed by atoms with Gasteiger partial charge in [-0.05, 0) is 23.3 Å². The van der Waals surface area contributed by atoms with Crippen molar-refractivity contribution in [3.63, 3.8) is 0 Å². The summed E-state index contributed by atoms with van der Waals surface area (Å²) in [6.45, 7) is 0. The Bertz CT molecular complexity index is 779. The summed E-state index contributed by atoms with van der Waals surface area (Å²) in [5.74, 6) is 0.0432. The first-order chi connectivity index (χ1) is 9.66. The molecule has 0 saturated heterocycles. The molecule has 0 aliphatic heterocycles. The molecule has 3 aromatic rings. The van der Waals surface area contributed by atoms with Crippen molar-refractivity contribution < 1.29 is 13.9 Å². The van der Waals surface area contributed by atoms with E-state index in [2.05, 4.69) is 0 Å². The standard InChI is InChI=1S/C17H13FO2/c18-14-7-3-6-11-8-15(20-16(11)14)17(19)9-12-4-1-2-5-13(12)10-17/h1-8,19H,9-10H2. The van der Waals surface area contributed by atoms with Gasteiger partial charge in [-0.1, -0.05) is 36.4 Å². The van der Waals surface area contributed by atoms with Gasteiger partial charge in [0.25, 0.3) is 0 Å². The van der Waals surface area contributed by atoms with E-state index < -0.39 is 11.4 Å². The quantitative estimate of drug-likeness (QED) is 0.732. The van der Waals surface area contributed by atoms with Crippen LogP contribution in [0.15, 0.2) is 52.9 Å². The third kappa shape index (κ3) is 1.60. The molecule has 0 spiro atoms. The molecule has 0 bridgehead atoms. The number of rotatable bonds is 1. The topological polar surface area (TPSA) is 33.4 Å². The molecule has 1 aliphatic carbocycles. The number of hydrogen-bond acceptors (Lipinski definition) is 2. The second-order valence-corrected chi connectivity index (χ2v) is 5.42. The number of aliphatic hydroxyl groups is 1. The van der Waals surface area contributed by atoms with Crippen molar-refractivity contribution in [1.29, 1.82) is 0 Å². The maximum Gasteiger partial charge on any atom is 0.170 e. The molecule has 0 saturated carbocycles. The van der Waals surface area contributed by atoms with Crippen LogP contribution >= 0.6 is 0 Å². The Morgan fingerprint density at radius 2 is 1.70 bits per heavy atom. The maximum atomic E-state index is 13.7. The highest BCUT2D eigenvalue weighted by molar-refractivity contribution is 5.78. The number of para-hydroxylation sites is 1. The van der Waals surface area contributed by atoms with E-state index in [1.807, 2.05) is 24.3 Å². The fourth-order valence-corrected chi connectivity index (χ4v) is 3.03. The van der Waals surface area contributed by atoms with Crippen LogP contribution in [0, 0.1) is 5.82 Å². The summed E-state index contributed by atoms with van der Waals surface area (Å²) in [4.78, 5) is 0. The van der Waals surface area contributed by atoms with E-state index in [9.17, 15) is 9.50 Å². The number of halogens is 1. The zero-order valence-corrected chi connectivity index (χ0v) is 10.8. The fourth-order valence-electron chi connectivity index (χ4n) is 3.03. The van der Waals surface area contributed by atoms with Crippen LogP contribution in [0.3, 0.4) is 0 Å². The van der Waals surface area contributed by atoms with Gasteiger partial charge >= 0.3 is 0 Å². The minimum absolute atomic E-state index is 0.215. The van der Waals surface area contributed by atoms with Crippen LogP contribution < -0.4 is 0 Å². The Kier molecular flexibility index (Phi) is 2.30. The van der Waals surface area contributed by atoms with Gasteiger partial charge in [-0.3, -0.25) is 0 Å². The van der Waals surface area contributed by atoms with Gasteiger partial charge in [-0.15, -0.1) is 0 Å². The molecule has 20 heavy (non-hydrogen) atoms. The van der Waals surface area contributed by atoms with Crippen molar-refractivity contribution in [3.8, 4) is 0 Å². The Morgan fingerprint density at radius 3 is 2.35 bits per heavy atom. The van der Waals surface area contributed by atoms with Crippen LogP contribution in [-0.2, 0) is 18.4 Å². The molecule has 0 radical (unpaired) electrons. The van der Waals surface area contributed by atoms with E-state index in [1.54, 1.807) is 18.2 Å². The van der Waals surface area contributed by atoms with Gasteiger partial charge in [0, 0.05) is 18.2 Å². The molecule has 3 heteroatoms. The number of furan rings is 1. The van der Waals surface area contributed by atoms with Gasteiger partial charge in [0.2, 0.25) is 0 Å². The van der Waals surface area contributed by atoms with E-state index in [0.717, 1.165) is 11.1 Å². The monoisotopic (exact) mass is 268 g/mol. The molecule has 1 N–H and O–H groups in total. The zero-order chi connectivity index (χ0) is 13.7. The summed E-state index contributed by atoms with van der Waals surface area (Å²) in [7, 11) is 0. The Hall–Kier alpha value is -2.13. The van der Waals surface area contributed by atoms with Crippen LogP contribution in [-0.4, -0.2) is 5.11 Å². The number of benzene rings is 2. The average Bonchev–Trinajstić information content (AvgIpc) is 3.00. The van der Waals surface area contributed by atoms with Crippen LogP contribution in [0.25, 0.3) is 11.0 Å². The predicted molar refractivity (Wildman–Crippen MR) is 73.9 cm³/mol. The lowest BCUT2D eigenvalue weighted by molar-refractivity contribution is 0.0269. The van der Waals surface area contributed by atoms with Crippen LogP contribution in [0.2, 0.25) is 0 Å². The van der Waals surface area contributed by atoms with Crippen molar-refractivity contribution in [2.45, 2.75) is 18.4 Å². The van der Waals surface area contributed by atoms with Crippen molar-refractivity contribution in [2.24, 2.45) is 0 Å². The van der Waals surface area contributed by atoms with E-state index in [-0.39, 0.29) is 5.58 Å². The number of fused-ring (bicyclic) bond motifs is 2. The SMILES string of the molecule is OC1(c2cc3cccc(F)c3o2)Cc2ccccc2C1. The smallest absolute Gasteiger partial charge is 0.170 e. The van der Waals surface area contributed by atoms with Gasteiger partial charge in [0.15, 0.2) is 11.4 Å². The first-order valence-corrected chi connectivity index (χ1v) is 6.63. The third-order valence-corrected chi connectivity index (χ3v) is 4.04. The second kappa shape index (κ2) is 3.93. The normalized spacial score (nSPS) is 16.5. The molecule has 2 nitrogen and oxygen atoms in total. The molecule has 0 unspecified atom stereocenters. The largest absolute Gasteiger partial charge is 0.455 e. The minimum Gasteiger partial charge on any atom is -0.455 e. The lowest BCUT2D eigenvalue weighted by Gasteiger charge is -2.18. The maximum absolute atomic E-state index is 13.7. The predicted octanol–water partition coefficient (Wildman–Crippen LogP) is 3.56. The molecule has 1 heterocycles. The summed E-state index contributed by atoms with van der Waals surface area (Å²) in [6.07, 6.45) is 1.01. The minimum atomic E-state index is -1.07. The van der Waals surface area contributed by atoms with E-state index in [0.29, 0.717) is 24.0 Å². The van der Waals surface area contributed by atoms with Crippen molar-refractivity contribution >= 4 is 11.0 Å². The highest BCUT2D eigenvalue weighted by Crippen LogP contribution is 2.40. The highest BCUT2D eigenvalue weighted by Gasteiger charge is 2.39. The lowest BCUT2D eigenvalue weighted by atomic mass is 9.97. The molecule has 100 valence electrons. The lowest BCUT2D eigenvalue weighted by Crippen LogP contribution is -2.25. The summed E-state index contributed by atoms with van der Waals surface area (Å²) in [6, 6.07) is 14.5. The first kappa shape index (κ1) is 11.7. The fraction of sp³-hybridized carbons (Fsp3) is 0.176. The molecular weight excluding hydrogens is 255 g/mol. The second-order valence-electron chi connectivity index (χ2n) is 5.42. The van der Waals surface area contributed by atoms with Crippen LogP contribution in [0.5, 0.6) is 0 Å². The molecule has 2 aromatic carbocycles. The summed E-state index contributed by atoms with van der Waals surface area (Å²) in [5, 5.41) is 11.5. The summed E-state index contributed by atoms with van der Waals surface area (Å²) >= 11 is 0. The van der Waals surface area contributed by atoms with Crippen molar-refractivity contribution in [1.82, 2.24) is 0 Å². The molecule has 1 aromatic heterocycles. The zero-order valence-electron chi connectivity index (χ0n) is 10.8. The van der Waals surface area contributed by atoms with Gasteiger partial charge in [-0.2, -0.15) is 0 Å². The molecule has 4 rings (SSSR count). The van der Waals surface area contributed by atoms with Gasteiger partial charge < -0.3 is 9.52 Å². The van der Waals surface area contributed by atoms with Crippen molar-refractivity contribution in [3.05, 3.63) is 71.2 Å². The third-order valence-electron chi connectivity index (χ3n) is 4.04. The van der Waals surface area contributed by atoms with E-state index in [4.69, 9.17) is 4.42 Å². The van der Waals surface area contributed by atoms with E-state index >= 15 is 0 Å². The van der Waals surface area contributed by atoms with Crippen LogP contribution in [0.1, 0.15) is 16.9 Å². The molecule has 1 aliphatic rings. The summed E-state index contributed by atoms with van der Waals surface area (Å²) in [5.41, 5.74) is 1.38. The van der Waals surface area contributed by atoms with Gasteiger partial charge in [0.05, 0.1) is 0 Å². The molecule has 0 amide bonds. The Balaban J connectivity index is 1.82. The van der Waals surface area contributed by atoms with Crippen molar-refractivity contribution in [2.75, 3.05) is 0 Å². The molecular formula is C17H13FO2. The van der Waals surface area contributed by atoms with Gasteiger partial charge in [0.1, 0.15) is 11.4 Å². The number of hydrogen-bond donors (Lipinski definition) is 1. The highest BCUT2D eigenvalue weighted by atomic mass is 19.1. The first-order valence-electron chi connectivity index (χ1n) is 6.63. The van der Waals surface area contributed by atoms with Gasteiger partial charge in [-0.25, -0.2) is 4.39 Å².